The molecule has 50 valence electrons. The molecule has 0 aliphatic carbocycles. The molecule has 0 fully saturated rings. The van der Waals surface area contributed by atoms with Gasteiger partial charge in [-0.2, -0.15) is 4.98 Å². The van der Waals surface area contributed by atoms with Crippen molar-refractivity contribution >= 4 is 11.5 Å². The molecule has 2 aromatic heterocycles. The highest BCUT2D eigenvalue weighted by molar-refractivity contribution is 7.03. The zero-order valence-electron chi connectivity index (χ0n) is 4.76. The average Bonchev–Trinajstić information content (AvgIpc) is 2.59. The van der Waals surface area contributed by atoms with Crippen LogP contribution in [-0.2, 0) is 0 Å². The van der Waals surface area contributed by atoms with Crippen LogP contribution in [0.4, 0.5) is 0 Å². The molecule has 0 amide bonds. The zero-order valence-corrected chi connectivity index (χ0v) is 5.58. The highest BCUT2D eigenvalue weighted by Crippen LogP contribution is 2.10. The van der Waals surface area contributed by atoms with Gasteiger partial charge in [0.15, 0.2) is 0 Å². The fraction of sp³-hybridized carbons (Fsp3) is 0. The predicted molar refractivity (Wildman–Crippen MR) is 33.2 cm³/mol. The van der Waals surface area contributed by atoms with Gasteiger partial charge in [-0.15, -0.1) is 5.10 Å². The Morgan fingerprint density at radius 2 is 2.50 bits per heavy atom. The Kier molecular flexibility index (Phi) is 1.17. The smallest absolute Gasteiger partial charge is 0.223 e. The van der Waals surface area contributed by atoms with E-state index >= 15 is 0 Å². The summed E-state index contributed by atoms with van der Waals surface area (Å²) in [5.74, 6) is 0.480. The molecule has 0 saturated carbocycles. The summed E-state index contributed by atoms with van der Waals surface area (Å²) in [4.78, 5) is 3.79. The third-order valence-electron chi connectivity index (χ3n) is 0.950. The van der Waals surface area contributed by atoms with E-state index in [1.54, 1.807) is 5.38 Å². The van der Waals surface area contributed by atoms with E-state index in [0.717, 1.165) is 0 Å². The maximum absolute atomic E-state index is 4.51. The number of rotatable bonds is 1. The molecular weight excluding hydrogens is 152 g/mol. The largest absolute Gasteiger partial charge is 0.342 e. The van der Waals surface area contributed by atoms with Crippen LogP contribution in [0.1, 0.15) is 0 Å². The summed E-state index contributed by atoms with van der Waals surface area (Å²) in [5, 5.41) is 9.07. The Hall–Kier alpha value is -1.30. The van der Waals surface area contributed by atoms with Crippen molar-refractivity contribution in [1.29, 1.82) is 0 Å². The maximum Gasteiger partial charge on any atom is 0.223 e. The maximum atomic E-state index is 4.51. The Balaban J connectivity index is 2.48. The van der Waals surface area contributed by atoms with Crippen LogP contribution in [0.5, 0.6) is 0 Å². The van der Waals surface area contributed by atoms with E-state index in [0.29, 0.717) is 11.5 Å². The molecule has 0 radical (unpaired) electrons. The Morgan fingerprint density at radius 1 is 1.50 bits per heavy atom. The molecule has 0 N–H and O–H groups in total. The van der Waals surface area contributed by atoms with Crippen LogP contribution in [0, 0.1) is 0 Å². The Labute approximate surface area is 59.9 Å². The zero-order chi connectivity index (χ0) is 6.81. The van der Waals surface area contributed by atoms with Crippen LogP contribution in [0.3, 0.4) is 0 Å². The van der Waals surface area contributed by atoms with Crippen molar-refractivity contribution < 1.29 is 4.52 Å². The van der Waals surface area contributed by atoms with Crippen LogP contribution in [0.2, 0.25) is 0 Å². The lowest BCUT2D eigenvalue weighted by Crippen LogP contribution is -1.78. The van der Waals surface area contributed by atoms with Gasteiger partial charge in [-0.25, -0.2) is 0 Å². The summed E-state index contributed by atoms with van der Waals surface area (Å²) in [6.45, 7) is 0. The minimum absolute atomic E-state index is 0.480. The third-order valence-corrected chi connectivity index (χ3v) is 1.46. The van der Waals surface area contributed by atoms with Crippen molar-refractivity contribution in [2.45, 2.75) is 0 Å². The van der Waals surface area contributed by atoms with Crippen LogP contribution >= 0.6 is 11.5 Å². The molecular formula is C4H2N4OS. The number of hydrogen-bond acceptors (Lipinski definition) is 6. The topological polar surface area (TPSA) is 64.7 Å². The van der Waals surface area contributed by atoms with Crippen molar-refractivity contribution in [2.24, 2.45) is 0 Å². The quantitative estimate of drug-likeness (QED) is 0.601. The minimum atomic E-state index is 0.480. The lowest BCUT2D eigenvalue weighted by molar-refractivity contribution is 0.418. The lowest BCUT2D eigenvalue weighted by Gasteiger charge is -1.76. The van der Waals surface area contributed by atoms with Gasteiger partial charge in [-0.1, -0.05) is 9.64 Å². The van der Waals surface area contributed by atoms with Crippen molar-refractivity contribution in [2.75, 3.05) is 0 Å². The van der Waals surface area contributed by atoms with Gasteiger partial charge >= 0.3 is 0 Å². The molecule has 2 heterocycles. The summed E-state index contributed by atoms with van der Waals surface area (Å²) in [7, 11) is 0. The molecule has 0 spiro atoms. The Morgan fingerprint density at radius 3 is 3.10 bits per heavy atom. The molecule has 0 bridgehead atoms. The van der Waals surface area contributed by atoms with Gasteiger partial charge in [0.25, 0.3) is 0 Å². The van der Waals surface area contributed by atoms with E-state index < -0.39 is 0 Å². The van der Waals surface area contributed by atoms with Gasteiger partial charge in [-0.05, 0) is 11.5 Å². The molecule has 0 aliphatic heterocycles. The molecule has 2 aromatic rings. The molecule has 6 heteroatoms. The lowest BCUT2D eigenvalue weighted by atomic mass is 10.5. The normalized spacial score (nSPS) is 10.0. The summed E-state index contributed by atoms with van der Waals surface area (Å²) >= 11 is 1.26. The summed E-state index contributed by atoms with van der Waals surface area (Å²) in [5.41, 5.74) is 0.652. The molecule has 0 aliphatic rings. The number of nitrogens with zero attached hydrogens (tertiary/aromatic N) is 4. The highest BCUT2D eigenvalue weighted by atomic mass is 32.1. The van der Waals surface area contributed by atoms with E-state index in [-0.39, 0.29) is 0 Å². The third kappa shape index (κ3) is 0.781. The number of hydrogen-bond donors (Lipinski definition) is 0. The molecule has 5 nitrogen and oxygen atoms in total. The first kappa shape index (κ1) is 5.48. The first-order chi connectivity index (χ1) is 4.97. The van der Waals surface area contributed by atoms with E-state index in [2.05, 4.69) is 24.3 Å². The monoisotopic (exact) mass is 154 g/mol. The van der Waals surface area contributed by atoms with Crippen molar-refractivity contribution in [1.82, 2.24) is 19.7 Å². The van der Waals surface area contributed by atoms with Gasteiger partial charge in [0.05, 0.1) is 0 Å². The van der Waals surface area contributed by atoms with Gasteiger partial charge in [0.1, 0.15) is 5.69 Å². The van der Waals surface area contributed by atoms with Crippen molar-refractivity contribution in [3.8, 4) is 11.5 Å². The van der Waals surface area contributed by atoms with Crippen LogP contribution in [-0.4, -0.2) is 19.7 Å². The molecule has 0 aromatic carbocycles. The van der Waals surface area contributed by atoms with Gasteiger partial charge < -0.3 is 4.52 Å². The molecule has 10 heavy (non-hydrogen) atoms. The van der Waals surface area contributed by atoms with Gasteiger partial charge in [0, 0.05) is 5.38 Å². The summed E-state index contributed by atoms with van der Waals surface area (Å²) in [6, 6.07) is 0. The molecule has 0 atom stereocenters. The molecule has 2 rings (SSSR count). The standard InChI is InChI=1S/C4H2N4OS/c1-3(6-8-10-1)4-5-2-9-7-4/h1-2H. The SMILES string of the molecule is c1nc(-c2csnn2)no1. The van der Waals surface area contributed by atoms with Crippen molar-refractivity contribution in [3.63, 3.8) is 0 Å². The van der Waals surface area contributed by atoms with E-state index in [4.69, 9.17) is 0 Å². The van der Waals surface area contributed by atoms with E-state index in [1.165, 1.54) is 17.9 Å². The van der Waals surface area contributed by atoms with Crippen molar-refractivity contribution in [3.05, 3.63) is 11.8 Å². The first-order valence-electron chi connectivity index (χ1n) is 2.50. The first-order valence-corrected chi connectivity index (χ1v) is 3.34. The predicted octanol–water partition coefficient (Wildman–Crippen LogP) is 0.588. The van der Waals surface area contributed by atoms with E-state index in [1.807, 2.05) is 0 Å². The summed E-state index contributed by atoms with van der Waals surface area (Å²) < 4.78 is 8.16. The van der Waals surface area contributed by atoms with E-state index in [9.17, 15) is 0 Å². The highest BCUT2D eigenvalue weighted by Gasteiger charge is 2.03. The molecule has 0 saturated heterocycles. The second-order valence-corrected chi connectivity index (χ2v) is 2.15. The molecule has 0 unspecified atom stereocenters. The fourth-order valence-electron chi connectivity index (χ4n) is 0.545. The van der Waals surface area contributed by atoms with Gasteiger partial charge in [-0.3, -0.25) is 0 Å². The minimum Gasteiger partial charge on any atom is -0.342 e. The fourth-order valence-corrected chi connectivity index (χ4v) is 0.980. The van der Waals surface area contributed by atoms with Crippen LogP contribution < -0.4 is 0 Å². The Bertz CT molecular complexity index is 257. The van der Waals surface area contributed by atoms with Gasteiger partial charge in [0.2, 0.25) is 12.2 Å². The second kappa shape index (κ2) is 2.14. The average molecular weight is 154 g/mol. The van der Waals surface area contributed by atoms with Crippen LogP contribution in [0.15, 0.2) is 16.3 Å². The second-order valence-electron chi connectivity index (χ2n) is 1.54. The number of aromatic nitrogens is 4. The van der Waals surface area contributed by atoms with Crippen LogP contribution in [0.25, 0.3) is 11.5 Å². The summed E-state index contributed by atoms with van der Waals surface area (Å²) in [6.07, 6.45) is 1.26.